The van der Waals surface area contributed by atoms with Crippen molar-refractivity contribution in [1.29, 1.82) is 0 Å². The number of nitrogens with zero attached hydrogens (tertiary/aromatic N) is 2. The summed E-state index contributed by atoms with van der Waals surface area (Å²) in [5.74, 6) is 0.320. The van der Waals surface area contributed by atoms with Crippen LogP contribution >= 0.6 is 0 Å². The number of halogens is 1. The van der Waals surface area contributed by atoms with Crippen LogP contribution in [0, 0.1) is 11.9 Å². The van der Waals surface area contributed by atoms with E-state index in [0.29, 0.717) is 5.92 Å². The molecule has 1 aromatic rings. The van der Waals surface area contributed by atoms with Crippen molar-refractivity contribution in [3.63, 3.8) is 0 Å². The first-order valence-corrected chi connectivity index (χ1v) is 5.12. The predicted octanol–water partition coefficient (Wildman–Crippen LogP) is 2.46. The van der Waals surface area contributed by atoms with E-state index in [9.17, 15) is 4.39 Å². The highest BCUT2D eigenvalue weighted by atomic mass is 19.1. The van der Waals surface area contributed by atoms with Crippen LogP contribution in [-0.4, -0.2) is 18.1 Å². The minimum atomic E-state index is -0.388. The van der Waals surface area contributed by atoms with Crippen molar-refractivity contribution in [3.05, 3.63) is 24.3 Å². The Morgan fingerprint density at radius 1 is 1.57 bits per heavy atom. The molecule has 0 spiro atoms. The summed E-state index contributed by atoms with van der Waals surface area (Å²) in [6.07, 6.45) is 4.01. The summed E-state index contributed by atoms with van der Waals surface area (Å²) in [6, 6.07) is 3.39. The Hall–Kier alpha value is -1.12. The Kier molecular flexibility index (Phi) is 2.66. The lowest BCUT2D eigenvalue weighted by molar-refractivity contribution is 0.446. The molecule has 1 aromatic heterocycles. The molecule has 2 heterocycles. The van der Waals surface area contributed by atoms with E-state index in [0.717, 1.165) is 18.8 Å². The zero-order valence-electron chi connectivity index (χ0n) is 8.41. The van der Waals surface area contributed by atoms with Gasteiger partial charge in [-0.1, -0.05) is 6.92 Å². The van der Waals surface area contributed by atoms with Crippen LogP contribution in [-0.2, 0) is 0 Å². The van der Waals surface area contributed by atoms with Gasteiger partial charge in [0.2, 0.25) is 5.95 Å². The average Bonchev–Trinajstić information content (AvgIpc) is 2.18. The van der Waals surface area contributed by atoms with Crippen LogP contribution in [0.1, 0.15) is 19.8 Å². The minimum absolute atomic E-state index is 0.388. The molecule has 14 heavy (non-hydrogen) atoms. The summed E-state index contributed by atoms with van der Waals surface area (Å²) in [4.78, 5) is 5.80. The molecule has 1 saturated heterocycles. The van der Waals surface area contributed by atoms with Gasteiger partial charge in [0.05, 0.1) is 0 Å². The zero-order chi connectivity index (χ0) is 9.97. The maximum Gasteiger partial charge on any atom is 0.214 e. The summed E-state index contributed by atoms with van der Waals surface area (Å²) in [5, 5.41) is 0. The molecule has 76 valence electrons. The Morgan fingerprint density at radius 3 is 3.14 bits per heavy atom. The molecule has 0 aliphatic carbocycles. The number of anilines is 1. The van der Waals surface area contributed by atoms with Crippen molar-refractivity contribution in [1.82, 2.24) is 4.98 Å². The van der Waals surface area contributed by atoms with Crippen LogP contribution < -0.4 is 4.90 Å². The number of pyridine rings is 1. The quantitative estimate of drug-likeness (QED) is 0.638. The zero-order valence-corrected chi connectivity index (χ0v) is 8.41. The summed E-state index contributed by atoms with van der Waals surface area (Å²) in [7, 11) is 0. The normalized spacial score (nSPS) is 22.4. The van der Waals surface area contributed by atoms with Crippen molar-refractivity contribution in [2.24, 2.45) is 5.92 Å². The van der Waals surface area contributed by atoms with Gasteiger partial charge in [-0.3, -0.25) is 0 Å². The SMILES string of the molecule is CC1CCCN(c2ccnc(F)c2)C1. The fraction of sp³-hybridized carbons (Fsp3) is 0.545. The van der Waals surface area contributed by atoms with E-state index < -0.39 is 0 Å². The molecule has 0 radical (unpaired) electrons. The monoisotopic (exact) mass is 194 g/mol. The molecule has 1 unspecified atom stereocenters. The van der Waals surface area contributed by atoms with Gasteiger partial charge in [-0.05, 0) is 24.8 Å². The Bertz CT molecular complexity index is 314. The van der Waals surface area contributed by atoms with E-state index in [2.05, 4.69) is 16.8 Å². The van der Waals surface area contributed by atoms with E-state index in [1.54, 1.807) is 0 Å². The maximum atomic E-state index is 12.9. The molecule has 0 aromatic carbocycles. The summed E-state index contributed by atoms with van der Waals surface area (Å²) in [6.45, 7) is 4.31. The molecule has 2 nitrogen and oxygen atoms in total. The molecule has 1 fully saturated rings. The first-order valence-electron chi connectivity index (χ1n) is 5.12. The second kappa shape index (κ2) is 3.95. The molecule has 1 atom stereocenters. The topological polar surface area (TPSA) is 16.1 Å². The van der Waals surface area contributed by atoms with Crippen LogP contribution in [0.15, 0.2) is 18.3 Å². The molecule has 3 heteroatoms. The first kappa shape index (κ1) is 9.44. The van der Waals surface area contributed by atoms with Crippen LogP contribution in [0.2, 0.25) is 0 Å². The molecule has 2 rings (SSSR count). The molecule has 0 saturated carbocycles. The van der Waals surface area contributed by atoms with Crippen LogP contribution in [0.3, 0.4) is 0 Å². The van der Waals surface area contributed by atoms with Gasteiger partial charge in [-0.25, -0.2) is 4.98 Å². The predicted molar refractivity (Wildman–Crippen MR) is 54.8 cm³/mol. The van der Waals surface area contributed by atoms with E-state index in [1.807, 2.05) is 6.07 Å². The van der Waals surface area contributed by atoms with E-state index >= 15 is 0 Å². The average molecular weight is 194 g/mol. The van der Waals surface area contributed by atoms with Crippen LogP contribution in [0.4, 0.5) is 10.1 Å². The van der Waals surface area contributed by atoms with Crippen molar-refractivity contribution in [2.75, 3.05) is 18.0 Å². The second-order valence-electron chi connectivity index (χ2n) is 4.03. The van der Waals surface area contributed by atoms with E-state index in [4.69, 9.17) is 0 Å². The molecule has 0 amide bonds. The highest BCUT2D eigenvalue weighted by Gasteiger charge is 2.16. The molecule has 0 bridgehead atoms. The van der Waals surface area contributed by atoms with E-state index in [-0.39, 0.29) is 5.95 Å². The van der Waals surface area contributed by atoms with E-state index in [1.165, 1.54) is 25.1 Å². The number of rotatable bonds is 1. The number of hydrogen-bond acceptors (Lipinski definition) is 2. The third-order valence-corrected chi connectivity index (χ3v) is 2.73. The molecule has 0 N–H and O–H groups in total. The standard InChI is InChI=1S/C11H15FN2/c1-9-3-2-6-14(8-9)10-4-5-13-11(12)7-10/h4-5,7,9H,2-3,6,8H2,1H3. The Morgan fingerprint density at radius 2 is 2.43 bits per heavy atom. The number of hydrogen-bond donors (Lipinski definition) is 0. The molecule has 1 aliphatic rings. The molecule has 1 aliphatic heterocycles. The smallest absolute Gasteiger partial charge is 0.214 e. The third kappa shape index (κ3) is 2.03. The lowest BCUT2D eigenvalue weighted by Crippen LogP contribution is -2.34. The van der Waals surface area contributed by atoms with Gasteiger partial charge in [-0.2, -0.15) is 4.39 Å². The van der Waals surface area contributed by atoms with Crippen LogP contribution in [0.25, 0.3) is 0 Å². The van der Waals surface area contributed by atoms with Gasteiger partial charge in [0, 0.05) is 31.0 Å². The van der Waals surface area contributed by atoms with Gasteiger partial charge in [0.25, 0.3) is 0 Å². The highest BCUT2D eigenvalue weighted by molar-refractivity contribution is 5.45. The van der Waals surface area contributed by atoms with Gasteiger partial charge < -0.3 is 4.90 Å². The van der Waals surface area contributed by atoms with Gasteiger partial charge in [-0.15, -0.1) is 0 Å². The molecular formula is C11H15FN2. The van der Waals surface area contributed by atoms with Crippen molar-refractivity contribution >= 4 is 5.69 Å². The van der Waals surface area contributed by atoms with Gasteiger partial charge >= 0.3 is 0 Å². The second-order valence-corrected chi connectivity index (χ2v) is 4.03. The highest BCUT2D eigenvalue weighted by Crippen LogP contribution is 2.22. The van der Waals surface area contributed by atoms with Gasteiger partial charge in [0.15, 0.2) is 0 Å². The summed E-state index contributed by atoms with van der Waals surface area (Å²) < 4.78 is 12.9. The first-order chi connectivity index (χ1) is 6.75. The Labute approximate surface area is 83.8 Å². The maximum absolute atomic E-state index is 12.9. The minimum Gasteiger partial charge on any atom is -0.371 e. The van der Waals surface area contributed by atoms with Crippen LogP contribution in [0.5, 0.6) is 0 Å². The largest absolute Gasteiger partial charge is 0.371 e. The molecular weight excluding hydrogens is 179 g/mol. The number of aromatic nitrogens is 1. The van der Waals surface area contributed by atoms with Crippen molar-refractivity contribution in [3.8, 4) is 0 Å². The fourth-order valence-electron chi connectivity index (χ4n) is 2.01. The summed E-state index contributed by atoms with van der Waals surface area (Å²) >= 11 is 0. The lowest BCUT2D eigenvalue weighted by Gasteiger charge is -2.32. The number of piperidine rings is 1. The Balaban J connectivity index is 2.14. The van der Waals surface area contributed by atoms with Crippen molar-refractivity contribution in [2.45, 2.75) is 19.8 Å². The fourth-order valence-corrected chi connectivity index (χ4v) is 2.01. The van der Waals surface area contributed by atoms with Crippen molar-refractivity contribution < 1.29 is 4.39 Å². The summed E-state index contributed by atoms with van der Waals surface area (Å²) in [5.41, 5.74) is 0.962. The third-order valence-electron chi connectivity index (χ3n) is 2.73. The lowest BCUT2D eigenvalue weighted by atomic mass is 10.00. The van der Waals surface area contributed by atoms with Gasteiger partial charge in [0.1, 0.15) is 0 Å².